The Morgan fingerprint density at radius 3 is 2.40 bits per heavy atom. The summed E-state index contributed by atoms with van der Waals surface area (Å²) in [6.45, 7) is 6.42. The number of nitrogens with one attached hydrogen (secondary N) is 1. The summed E-state index contributed by atoms with van der Waals surface area (Å²) in [5.41, 5.74) is 1.16. The minimum absolute atomic E-state index is 0.206. The lowest BCUT2D eigenvalue weighted by atomic mass is 10.2. The van der Waals surface area contributed by atoms with E-state index in [0.717, 1.165) is 18.7 Å². The van der Waals surface area contributed by atoms with Crippen LogP contribution in [0, 0.1) is 0 Å². The standard InChI is InChI=1S/C14H18ClN5/c1-3-20(4-2)14-18-12(15)17-13(19-14)16-10-11-8-6-5-7-9-11/h5-9H,3-4,10H2,1-2H3,(H,16,17,18,19). The molecular weight excluding hydrogens is 274 g/mol. The first-order valence-corrected chi connectivity index (χ1v) is 7.05. The van der Waals surface area contributed by atoms with E-state index in [1.54, 1.807) is 0 Å². The fraction of sp³-hybridized carbons (Fsp3) is 0.357. The summed E-state index contributed by atoms with van der Waals surface area (Å²) in [6.07, 6.45) is 0. The van der Waals surface area contributed by atoms with Crippen LogP contribution in [0.2, 0.25) is 5.28 Å². The Hall–Kier alpha value is -1.88. The van der Waals surface area contributed by atoms with Gasteiger partial charge in [-0.2, -0.15) is 15.0 Å². The molecule has 2 rings (SSSR count). The molecule has 5 nitrogen and oxygen atoms in total. The molecule has 0 aliphatic rings. The molecule has 1 heterocycles. The predicted molar refractivity (Wildman–Crippen MR) is 82.2 cm³/mol. The highest BCUT2D eigenvalue weighted by Gasteiger charge is 2.09. The Morgan fingerprint density at radius 2 is 1.75 bits per heavy atom. The summed E-state index contributed by atoms with van der Waals surface area (Å²) >= 11 is 5.96. The Balaban J connectivity index is 2.12. The quantitative estimate of drug-likeness (QED) is 0.887. The molecule has 0 bridgehead atoms. The molecule has 0 radical (unpaired) electrons. The summed E-state index contributed by atoms with van der Waals surface area (Å²) < 4.78 is 0. The van der Waals surface area contributed by atoms with E-state index in [1.807, 2.05) is 35.2 Å². The average molecular weight is 292 g/mol. The van der Waals surface area contributed by atoms with Crippen LogP contribution in [0.5, 0.6) is 0 Å². The lowest BCUT2D eigenvalue weighted by molar-refractivity contribution is 0.811. The Labute approximate surface area is 124 Å². The maximum absolute atomic E-state index is 5.96. The number of nitrogens with zero attached hydrogens (tertiary/aromatic N) is 4. The van der Waals surface area contributed by atoms with Crippen LogP contribution in [-0.2, 0) is 6.54 Å². The number of benzene rings is 1. The van der Waals surface area contributed by atoms with E-state index >= 15 is 0 Å². The van der Waals surface area contributed by atoms with Crippen LogP contribution in [0.1, 0.15) is 19.4 Å². The van der Waals surface area contributed by atoms with Crippen LogP contribution in [-0.4, -0.2) is 28.0 Å². The molecule has 0 saturated heterocycles. The first-order valence-electron chi connectivity index (χ1n) is 6.67. The molecule has 0 fully saturated rings. The number of halogens is 1. The Bertz CT molecular complexity index is 543. The topological polar surface area (TPSA) is 53.9 Å². The molecule has 0 spiro atoms. The van der Waals surface area contributed by atoms with Gasteiger partial charge in [0.05, 0.1) is 0 Å². The van der Waals surface area contributed by atoms with Crippen molar-refractivity contribution in [1.82, 2.24) is 15.0 Å². The molecule has 0 aliphatic carbocycles. The minimum atomic E-state index is 0.206. The third-order valence-corrected chi connectivity index (χ3v) is 3.11. The van der Waals surface area contributed by atoms with Crippen molar-refractivity contribution >= 4 is 23.5 Å². The van der Waals surface area contributed by atoms with Crippen molar-refractivity contribution in [3.63, 3.8) is 0 Å². The molecule has 1 aromatic carbocycles. The third-order valence-electron chi connectivity index (χ3n) is 2.94. The van der Waals surface area contributed by atoms with Gasteiger partial charge in [0.1, 0.15) is 0 Å². The summed E-state index contributed by atoms with van der Waals surface area (Å²) in [6, 6.07) is 10.1. The van der Waals surface area contributed by atoms with Crippen LogP contribution >= 0.6 is 11.6 Å². The highest BCUT2D eigenvalue weighted by Crippen LogP contribution is 2.14. The van der Waals surface area contributed by atoms with Gasteiger partial charge < -0.3 is 10.2 Å². The monoisotopic (exact) mass is 291 g/mol. The van der Waals surface area contributed by atoms with Gasteiger partial charge in [-0.3, -0.25) is 0 Å². The van der Waals surface area contributed by atoms with Crippen molar-refractivity contribution in [2.45, 2.75) is 20.4 Å². The lowest BCUT2D eigenvalue weighted by Crippen LogP contribution is -2.25. The van der Waals surface area contributed by atoms with Gasteiger partial charge in [-0.25, -0.2) is 0 Å². The van der Waals surface area contributed by atoms with Crippen molar-refractivity contribution in [2.24, 2.45) is 0 Å². The molecule has 0 amide bonds. The van der Waals surface area contributed by atoms with Crippen LogP contribution < -0.4 is 10.2 Å². The molecule has 0 atom stereocenters. The minimum Gasteiger partial charge on any atom is -0.350 e. The second-order valence-corrected chi connectivity index (χ2v) is 4.58. The molecular formula is C14H18ClN5. The van der Waals surface area contributed by atoms with Gasteiger partial charge in [0.25, 0.3) is 0 Å². The van der Waals surface area contributed by atoms with Gasteiger partial charge in [0.2, 0.25) is 17.2 Å². The lowest BCUT2D eigenvalue weighted by Gasteiger charge is -2.18. The molecule has 0 aliphatic heterocycles. The van der Waals surface area contributed by atoms with E-state index in [2.05, 4.69) is 34.1 Å². The number of rotatable bonds is 6. The number of hydrogen-bond acceptors (Lipinski definition) is 5. The van der Waals surface area contributed by atoms with Gasteiger partial charge in [0, 0.05) is 19.6 Å². The Kier molecular flexibility index (Phi) is 5.12. The summed E-state index contributed by atoms with van der Waals surface area (Å²) in [5, 5.41) is 3.38. The summed E-state index contributed by atoms with van der Waals surface area (Å²) in [5.74, 6) is 1.10. The van der Waals surface area contributed by atoms with Crippen molar-refractivity contribution in [1.29, 1.82) is 0 Å². The fourth-order valence-corrected chi connectivity index (χ4v) is 2.00. The fourth-order valence-electron chi connectivity index (χ4n) is 1.84. The number of hydrogen-bond donors (Lipinski definition) is 1. The normalized spacial score (nSPS) is 10.3. The SMILES string of the molecule is CCN(CC)c1nc(Cl)nc(NCc2ccccc2)n1. The van der Waals surface area contributed by atoms with E-state index in [0.29, 0.717) is 18.4 Å². The largest absolute Gasteiger partial charge is 0.350 e. The zero-order valence-electron chi connectivity index (χ0n) is 11.7. The first-order chi connectivity index (χ1) is 9.72. The van der Waals surface area contributed by atoms with Gasteiger partial charge in [-0.15, -0.1) is 0 Å². The maximum atomic E-state index is 5.96. The van der Waals surface area contributed by atoms with Crippen LogP contribution in [0.4, 0.5) is 11.9 Å². The summed E-state index contributed by atoms with van der Waals surface area (Å²) in [7, 11) is 0. The summed E-state index contributed by atoms with van der Waals surface area (Å²) in [4.78, 5) is 14.7. The molecule has 0 saturated carbocycles. The number of aromatic nitrogens is 3. The molecule has 0 unspecified atom stereocenters. The van der Waals surface area contributed by atoms with Crippen LogP contribution in [0.3, 0.4) is 0 Å². The smallest absolute Gasteiger partial charge is 0.231 e. The van der Waals surface area contributed by atoms with Crippen molar-refractivity contribution in [2.75, 3.05) is 23.3 Å². The zero-order chi connectivity index (χ0) is 14.4. The van der Waals surface area contributed by atoms with Crippen molar-refractivity contribution in [3.05, 3.63) is 41.2 Å². The maximum Gasteiger partial charge on any atom is 0.231 e. The van der Waals surface area contributed by atoms with Crippen LogP contribution in [0.15, 0.2) is 30.3 Å². The van der Waals surface area contributed by atoms with E-state index in [1.165, 1.54) is 0 Å². The second-order valence-electron chi connectivity index (χ2n) is 4.24. The highest BCUT2D eigenvalue weighted by atomic mass is 35.5. The molecule has 20 heavy (non-hydrogen) atoms. The predicted octanol–water partition coefficient (Wildman–Crippen LogP) is 2.98. The number of anilines is 2. The van der Waals surface area contributed by atoms with Gasteiger partial charge >= 0.3 is 0 Å². The van der Waals surface area contributed by atoms with Gasteiger partial charge in [-0.1, -0.05) is 30.3 Å². The van der Waals surface area contributed by atoms with Crippen LogP contribution in [0.25, 0.3) is 0 Å². The molecule has 2 aromatic rings. The van der Waals surface area contributed by atoms with Crippen molar-refractivity contribution in [3.8, 4) is 0 Å². The highest BCUT2D eigenvalue weighted by molar-refractivity contribution is 6.28. The second kappa shape index (κ2) is 7.05. The molecule has 1 aromatic heterocycles. The average Bonchev–Trinajstić information content (AvgIpc) is 2.47. The van der Waals surface area contributed by atoms with E-state index in [4.69, 9.17) is 11.6 Å². The molecule has 106 valence electrons. The van der Waals surface area contributed by atoms with E-state index in [-0.39, 0.29) is 5.28 Å². The van der Waals surface area contributed by atoms with Gasteiger partial charge in [-0.05, 0) is 31.0 Å². The molecule has 6 heteroatoms. The molecule has 1 N–H and O–H groups in total. The van der Waals surface area contributed by atoms with E-state index < -0.39 is 0 Å². The third kappa shape index (κ3) is 3.81. The van der Waals surface area contributed by atoms with Gasteiger partial charge in [0.15, 0.2) is 0 Å². The first kappa shape index (κ1) is 14.5. The zero-order valence-corrected chi connectivity index (χ0v) is 12.4. The van der Waals surface area contributed by atoms with Crippen molar-refractivity contribution < 1.29 is 0 Å². The van der Waals surface area contributed by atoms with E-state index in [9.17, 15) is 0 Å². The Morgan fingerprint density at radius 1 is 1.05 bits per heavy atom.